The molecular formula is C21H26O3. The van der Waals surface area contributed by atoms with Gasteiger partial charge in [0.05, 0.1) is 5.60 Å². The molecule has 0 aliphatic rings. The van der Waals surface area contributed by atoms with Crippen molar-refractivity contribution < 1.29 is 15.3 Å². The molecule has 0 unspecified atom stereocenters. The number of phenols is 2. The summed E-state index contributed by atoms with van der Waals surface area (Å²) in [6.07, 6.45) is 7.74. The number of hydrogen-bond donors (Lipinski definition) is 3. The normalized spacial score (nSPS) is 12.0. The Bertz CT molecular complexity index is 659. The minimum Gasteiger partial charge on any atom is -0.508 e. The number of aliphatic hydroxyl groups is 1. The highest BCUT2D eigenvalue weighted by molar-refractivity contribution is 5.71. The van der Waals surface area contributed by atoms with Crippen LogP contribution in [0, 0.1) is 0 Å². The third-order valence-electron chi connectivity index (χ3n) is 3.88. The Morgan fingerprint density at radius 3 is 2.00 bits per heavy atom. The van der Waals surface area contributed by atoms with Crippen molar-refractivity contribution in [1.29, 1.82) is 0 Å². The lowest BCUT2D eigenvalue weighted by molar-refractivity contribution is 0.0682. The van der Waals surface area contributed by atoms with Gasteiger partial charge in [-0.15, -0.1) is 0 Å². The second-order valence-corrected chi connectivity index (χ2v) is 6.88. The number of benzene rings is 2. The van der Waals surface area contributed by atoms with Crippen LogP contribution < -0.4 is 0 Å². The predicted octanol–water partition coefficient (Wildman–Crippen LogP) is 4.75. The van der Waals surface area contributed by atoms with Crippen LogP contribution in [0.2, 0.25) is 0 Å². The molecule has 2 rings (SSSR count). The summed E-state index contributed by atoms with van der Waals surface area (Å²) in [6.45, 7) is 3.70. The first kappa shape index (κ1) is 18.1. The fourth-order valence-electron chi connectivity index (χ4n) is 2.59. The first-order valence-electron chi connectivity index (χ1n) is 8.34. The first-order valence-corrected chi connectivity index (χ1v) is 8.34. The van der Waals surface area contributed by atoms with Crippen molar-refractivity contribution in [2.45, 2.75) is 45.1 Å². The molecule has 0 fully saturated rings. The molecule has 0 atom stereocenters. The van der Waals surface area contributed by atoms with Crippen molar-refractivity contribution in [1.82, 2.24) is 0 Å². The second-order valence-electron chi connectivity index (χ2n) is 6.88. The Labute approximate surface area is 143 Å². The van der Waals surface area contributed by atoms with E-state index in [2.05, 4.69) is 24.3 Å². The molecule has 0 aromatic heterocycles. The van der Waals surface area contributed by atoms with E-state index in [4.69, 9.17) is 0 Å². The van der Waals surface area contributed by atoms with Crippen molar-refractivity contribution in [2.24, 2.45) is 0 Å². The van der Waals surface area contributed by atoms with Crippen molar-refractivity contribution in [3.8, 4) is 11.5 Å². The van der Waals surface area contributed by atoms with Crippen LogP contribution in [0.25, 0.3) is 12.2 Å². The van der Waals surface area contributed by atoms with Gasteiger partial charge in [0.15, 0.2) is 0 Å². The summed E-state index contributed by atoms with van der Waals surface area (Å²) in [5.74, 6) is 0.104. The van der Waals surface area contributed by atoms with E-state index in [-0.39, 0.29) is 11.5 Å². The molecule has 0 amide bonds. The first-order chi connectivity index (χ1) is 11.3. The molecule has 2 aromatic rings. The Hall–Kier alpha value is -2.26. The van der Waals surface area contributed by atoms with Crippen LogP contribution in [-0.2, 0) is 6.42 Å². The zero-order valence-electron chi connectivity index (χ0n) is 14.4. The van der Waals surface area contributed by atoms with Crippen molar-refractivity contribution in [3.63, 3.8) is 0 Å². The van der Waals surface area contributed by atoms with Crippen LogP contribution in [0.5, 0.6) is 11.5 Å². The summed E-state index contributed by atoms with van der Waals surface area (Å²) < 4.78 is 0. The van der Waals surface area contributed by atoms with Crippen LogP contribution in [0.15, 0.2) is 42.5 Å². The molecule has 0 aliphatic heterocycles. The minimum absolute atomic E-state index is 0.0519. The van der Waals surface area contributed by atoms with Crippen LogP contribution in [0.4, 0.5) is 0 Å². The largest absolute Gasteiger partial charge is 0.508 e. The molecule has 2 aromatic carbocycles. The SMILES string of the molecule is CC(C)(O)CCCCc1ccc(C=Cc2cc(O)cc(O)c2)cc1. The zero-order chi connectivity index (χ0) is 17.6. The van der Waals surface area contributed by atoms with Crippen LogP contribution >= 0.6 is 0 Å². The number of phenolic OH excluding ortho intramolecular Hbond substituents is 2. The van der Waals surface area contributed by atoms with E-state index < -0.39 is 5.60 Å². The minimum atomic E-state index is -0.574. The van der Waals surface area contributed by atoms with Gasteiger partial charge in [0.25, 0.3) is 0 Å². The van der Waals surface area contributed by atoms with Crippen molar-refractivity contribution in [3.05, 3.63) is 59.2 Å². The van der Waals surface area contributed by atoms with Gasteiger partial charge < -0.3 is 15.3 Å². The van der Waals surface area contributed by atoms with Gasteiger partial charge >= 0.3 is 0 Å². The molecule has 3 nitrogen and oxygen atoms in total. The lowest BCUT2D eigenvalue weighted by Crippen LogP contribution is -2.17. The van der Waals surface area contributed by atoms with Crippen LogP contribution in [0.1, 0.15) is 49.8 Å². The van der Waals surface area contributed by atoms with Gasteiger partial charge in [0.2, 0.25) is 0 Å². The van der Waals surface area contributed by atoms with Gasteiger partial charge in [-0.05, 0) is 61.9 Å². The number of rotatable bonds is 7. The summed E-state index contributed by atoms with van der Waals surface area (Å²) in [5, 5.41) is 28.6. The molecular weight excluding hydrogens is 300 g/mol. The molecule has 128 valence electrons. The fraction of sp³-hybridized carbons (Fsp3) is 0.333. The number of aromatic hydroxyl groups is 2. The van der Waals surface area contributed by atoms with E-state index in [0.717, 1.165) is 36.8 Å². The summed E-state index contributed by atoms with van der Waals surface area (Å²) in [7, 11) is 0. The molecule has 0 heterocycles. The molecule has 0 saturated heterocycles. The highest BCUT2D eigenvalue weighted by Gasteiger charge is 2.10. The highest BCUT2D eigenvalue weighted by atomic mass is 16.3. The van der Waals surface area contributed by atoms with Gasteiger partial charge in [-0.1, -0.05) is 42.8 Å². The van der Waals surface area contributed by atoms with Crippen LogP contribution in [0.3, 0.4) is 0 Å². The second kappa shape index (κ2) is 8.02. The molecule has 0 aliphatic carbocycles. The number of hydrogen-bond acceptors (Lipinski definition) is 3. The third-order valence-corrected chi connectivity index (χ3v) is 3.88. The lowest BCUT2D eigenvalue weighted by Gasteiger charge is -2.16. The maximum Gasteiger partial charge on any atom is 0.119 e. The molecule has 0 spiro atoms. The van der Waals surface area contributed by atoms with Gasteiger partial charge in [-0.2, -0.15) is 0 Å². The maximum absolute atomic E-state index is 9.70. The molecule has 24 heavy (non-hydrogen) atoms. The average molecular weight is 326 g/mol. The van der Waals surface area contributed by atoms with Crippen molar-refractivity contribution in [2.75, 3.05) is 0 Å². The van der Waals surface area contributed by atoms with E-state index in [1.165, 1.54) is 11.6 Å². The monoisotopic (exact) mass is 326 g/mol. The average Bonchev–Trinajstić information content (AvgIpc) is 2.49. The zero-order valence-corrected chi connectivity index (χ0v) is 14.4. The van der Waals surface area contributed by atoms with Crippen molar-refractivity contribution >= 4 is 12.2 Å². The summed E-state index contributed by atoms with van der Waals surface area (Å²) >= 11 is 0. The highest BCUT2D eigenvalue weighted by Crippen LogP contribution is 2.22. The van der Waals surface area contributed by atoms with E-state index in [1.54, 1.807) is 12.1 Å². The molecule has 0 saturated carbocycles. The van der Waals surface area contributed by atoms with Gasteiger partial charge in [-0.3, -0.25) is 0 Å². The summed E-state index contributed by atoms with van der Waals surface area (Å²) in [4.78, 5) is 0. The van der Waals surface area contributed by atoms with E-state index in [9.17, 15) is 15.3 Å². The Balaban J connectivity index is 1.88. The molecule has 0 bridgehead atoms. The van der Waals surface area contributed by atoms with E-state index >= 15 is 0 Å². The molecule has 0 radical (unpaired) electrons. The van der Waals surface area contributed by atoms with E-state index in [0.29, 0.717) is 0 Å². The van der Waals surface area contributed by atoms with Gasteiger partial charge in [-0.25, -0.2) is 0 Å². The Kier molecular flexibility index (Phi) is 6.04. The topological polar surface area (TPSA) is 60.7 Å². The maximum atomic E-state index is 9.70. The van der Waals surface area contributed by atoms with Crippen LogP contribution in [-0.4, -0.2) is 20.9 Å². The molecule has 3 heteroatoms. The standard InChI is InChI=1S/C21H26O3/c1-21(2,24)12-4-3-5-16-6-8-17(9-7-16)10-11-18-13-19(22)15-20(23)14-18/h6-11,13-15,22-24H,3-5,12H2,1-2H3. The third kappa shape index (κ3) is 6.47. The predicted molar refractivity (Wildman–Crippen MR) is 99.0 cm³/mol. The number of aryl methyl sites for hydroxylation is 1. The number of unbranched alkanes of at least 4 members (excludes halogenated alkanes) is 1. The Morgan fingerprint density at radius 2 is 1.42 bits per heavy atom. The van der Waals surface area contributed by atoms with E-state index in [1.807, 2.05) is 26.0 Å². The lowest BCUT2D eigenvalue weighted by atomic mass is 9.99. The quantitative estimate of drug-likeness (QED) is 0.508. The molecule has 3 N–H and O–H groups in total. The smallest absolute Gasteiger partial charge is 0.119 e. The summed E-state index contributed by atoms with van der Waals surface area (Å²) in [5.41, 5.74) is 2.54. The van der Waals surface area contributed by atoms with Gasteiger partial charge in [0, 0.05) is 6.07 Å². The fourth-order valence-corrected chi connectivity index (χ4v) is 2.59. The Morgan fingerprint density at radius 1 is 0.833 bits per heavy atom. The summed E-state index contributed by atoms with van der Waals surface area (Å²) in [6, 6.07) is 12.9. The van der Waals surface area contributed by atoms with Gasteiger partial charge in [0.1, 0.15) is 11.5 Å².